The molecule has 0 bridgehead atoms. The summed E-state index contributed by atoms with van der Waals surface area (Å²) in [5, 5.41) is 0.987. The number of carbonyl (C=O) groups is 1. The molecule has 23 heavy (non-hydrogen) atoms. The molecule has 0 spiro atoms. The number of ketones is 1. The number of terminal acetylenes is 1. The molecule has 2 heterocycles. The van der Waals surface area contributed by atoms with Crippen molar-refractivity contribution in [3.63, 3.8) is 0 Å². The first-order chi connectivity index (χ1) is 11.3. The fraction of sp³-hybridized carbons (Fsp3) is 0.263. The number of para-hydroxylation sites is 1. The van der Waals surface area contributed by atoms with Gasteiger partial charge in [0.1, 0.15) is 0 Å². The van der Waals surface area contributed by atoms with Gasteiger partial charge in [-0.1, -0.05) is 24.1 Å². The molecule has 1 N–H and O–H groups in total. The highest BCUT2D eigenvalue weighted by Gasteiger charge is 2.28. The van der Waals surface area contributed by atoms with Gasteiger partial charge >= 0.3 is 0 Å². The largest absolute Gasteiger partial charge is 0.348 e. The number of H-pyrrole nitrogens is 1. The molecule has 2 aromatic heterocycles. The highest BCUT2D eigenvalue weighted by molar-refractivity contribution is 6.09. The molecule has 3 aromatic rings. The maximum atomic E-state index is 13.1. The molecular weight excluding hydrogens is 286 g/mol. The average molecular weight is 303 g/mol. The van der Waals surface area contributed by atoms with E-state index in [0.717, 1.165) is 35.0 Å². The molecule has 1 unspecified atom stereocenters. The summed E-state index contributed by atoms with van der Waals surface area (Å²) in [6, 6.07) is 7.95. The second-order valence-corrected chi connectivity index (χ2v) is 6.02. The Labute approximate surface area is 134 Å². The number of nitrogens with one attached hydrogen (secondary N) is 1. The number of hydrogen-bond donors (Lipinski definition) is 1. The van der Waals surface area contributed by atoms with Crippen LogP contribution in [0, 0.1) is 18.3 Å². The molecule has 0 saturated carbocycles. The van der Waals surface area contributed by atoms with E-state index >= 15 is 0 Å². The van der Waals surface area contributed by atoms with E-state index in [-0.39, 0.29) is 11.7 Å². The van der Waals surface area contributed by atoms with E-state index in [9.17, 15) is 4.79 Å². The fourth-order valence-corrected chi connectivity index (χ4v) is 3.51. The normalized spacial score (nSPS) is 16.9. The third-order valence-corrected chi connectivity index (χ3v) is 4.68. The lowest BCUT2D eigenvalue weighted by Gasteiger charge is -2.19. The second kappa shape index (κ2) is 5.44. The third-order valence-electron chi connectivity index (χ3n) is 4.68. The van der Waals surface area contributed by atoms with Crippen LogP contribution in [0.1, 0.15) is 28.2 Å². The van der Waals surface area contributed by atoms with Crippen LogP contribution in [-0.2, 0) is 19.4 Å². The van der Waals surface area contributed by atoms with Gasteiger partial charge in [-0.05, 0) is 18.9 Å². The maximum absolute atomic E-state index is 13.1. The Balaban J connectivity index is 1.72. The molecule has 0 aliphatic heterocycles. The van der Waals surface area contributed by atoms with E-state index in [4.69, 9.17) is 6.42 Å². The summed E-state index contributed by atoms with van der Waals surface area (Å²) < 4.78 is 1.98. The SMILES string of the molecule is C#CCn1cc(C(=O)C2CCc3[nH]cnc3C2)c2ccccc21. The van der Waals surface area contributed by atoms with Gasteiger partial charge in [0, 0.05) is 40.7 Å². The van der Waals surface area contributed by atoms with E-state index < -0.39 is 0 Å². The highest BCUT2D eigenvalue weighted by atomic mass is 16.1. The molecule has 1 aromatic carbocycles. The monoisotopic (exact) mass is 303 g/mol. The van der Waals surface area contributed by atoms with Crippen LogP contribution in [0.15, 0.2) is 36.8 Å². The summed E-state index contributed by atoms with van der Waals surface area (Å²) in [6.07, 6.45) is 11.5. The number of fused-ring (bicyclic) bond motifs is 2. The molecule has 0 amide bonds. The number of hydrogen-bond acceptors (Lipinski definition) is 2. The van der Waals surface area contributed by atoms with Crippen LogP contribution >= 0.6 is 0 Å². The van der Waals surface area contributed by atoms with Crippen molar-refractivity contribution in [2.24, 2.45) is 5.92 Å². The van der Waals surface area contributed by atoms with Crippen molar-refractivity contribution in [2.75, 3.05) is 0 Å². The quantitative estimate of drug-likeness (QED) is 0.597. The summed E-state index contributed by atoms with van der Waals surface area (Å²) in [7, 11) is 0. The van der Waals surface area contributed by atoms with Crippen LogP contribution in [0.2, 0.25) is 0 Å². The van der Waals surface area contributed by atoms with Gasteiger partial charge in [-0.15, -0.1) is 6.42 Å². The Morgan fingerprint density at radius 1 is 1.43 bits per heavy atom. The minimum Gasteiger partial charge on any atom is -0.348 e. The molecule has 4 heteroatoms. The Morgan fingerprint density at radius 3 is 3.17 bits per heavy atom. The molecule has 0 fully saturated rings. The zero-order chi connectivity index (χ0) is 15.8. The Kier molecular flexibility index (Phi) is 3.27. The minimum atomic E-state index is -0.00380. The average Bonchev–Trinajstić information content (AvgIpc) is 3.19. The minimum absolute atomic E-state index is 0.00380. The lowest BCUT2D eigenvalue weighted by Crippen LogP contribution is -2.22. The molecular formula is C19H17N3O. The van der Waals surface area contributed by atoms with Crippen LogP contribution in [0.3, 0.4) is 0 Å². The molecule has 0 saturated heterocycles. The molecule has 4 nitrogen and oxygen atoms in total. The van der Waals surface area contributed by atoms with Crippen LogP contribution < -0.4 is 0 Å². The van der Waals surface area contributed by atoms with Gasteiger partial charge in [0.2, 0.25) is 0 Å². The van der Waals surface area contributed by atoms with Gasteiger partial charge in [0.15, 0.2) is 5.78 Å². The number of benzene rings is 1. The van der Waals surface area contributed by atoms with E-state index in [2.05, 4.69) is 15.9 Å². The Bertz CT molecular complexity index is 926. The summed E-state index contributed by atoms with van der Waals surface area (Å²) in [5.74, 6) is 2.85. The molecule has 1 aliphatic rings. The molecule has 4 rings (SSSR count). The van der Waals surface area contributed by atoms with Gasteiger partial charge in [0.25, 0.3) is 0 Å². The van der Waals surface area contributed by atoms with E-state index in [1.54, 1.807) is 6.33 Å². The van der Waals surface area contributed by atoms with Crippen molar-refractivity contribution >= 4 is 16.7 Å². The van der Waals surface area contributed by atoms with E-state index in [1.807, 2.05) is 35.0 Å². The van der Waals surface area contributed by atoms with Crippen molar-refractivity contribution in [1.82, 2.24) is 14.5 Å². The van der Waals surface area contributed by atoms with E-state index in [0.29, 0.717) is 13.0 Å². The van der Waals surface area contributed by atoms with Crippen molar-refractivity contribution in [1.29, 1.82) is 0 Å². The van der Waals surface area contributed by atoms with E-state index in [1.165, 1.54) is 5.69 Å². The maximum Gasteiger partial charge on any atom is 0.168 e. The van der Waals surface area contributed by atoms with Gasteiger partial charge in [-0.25, -0.2) is 4.98 Å². The third kappa shape index (κ3) is 2.25. The summed E-state index contributed by atoms with van der Waals surface area (Å²) >= 11 is 0. The first-order valence-corrected chi connectivity index (χ1v) is 7.84. The van der Waals surface area contributed by atoms with Crippen LogP contribution in [-0.4, -0.2) is 20.3 Å². The van der Waals surface area contributed by atoms with Gasteiger partial charge in [-0.2, -0.15) is 0 Å². The lowest BCUT2D eigenvalue weighted by molar-refractivity contribution is 0.0909. The molecule has 1 aliphatic carbocycles. The molecule has 114 valence electrons. The summed E-state index contributed by atoms with van der Waals surface area (Å²) in [6.45, 7) is 0.474. The lowest BCUT2D eigenvalue weighted by atomic mass is 9.84. The van der Waals surface area contributed by atoms with Crippen LogP contribution in [0.4, 0.5) is 0 Å². The number of rotatable bonds is 3. The Hall–Kier alpha value is -2.80. The number of Topliss-reactive ketones (excluding diaryl/α,β-unsaturated/α-hetero) is 1. The topological polar surface area (TPSA) is 50.7 Å². The standard InChI is InChI=1S/C19H17N3O/c1-2-9-22-11-15(14-5-3-4-6-18(14)22)19(23)13-7-8-16-17(10-13)21-12-20-16/h1,3-6,11-13H,7-10H2,(H,20,21). The van der Waals surface area contributed by atoms with Crippen molar-refractivity contribution in [2.45, 2.75) is 25.8 Å². The number of aryl methyl sites for hydroxylation is 1. The first-order valence-electron chi connectivity index (χ1n) is 7.84. The zero-order valence-corrected chi connectivity index (χ0v) is 12.7. The number of carbonyl (C=O) groups excluding carboxylic acids is 1. The van der Waals surface area contributed by atoms with Gasteiger partial charge < -0.3 is 9.55 Å². The molecule has 1 atom stereocenters. The molecule has 0 radical (unpaired) electrons. The zero-order valence-electron chi connectivity index (χ0n) is 12.7. The number of aromatic nitrogens is 3. The Morgan fingerprint density at radius 2 is 2.30 bits per heavy atom. The second-order valence-electron chi connectivity index (χ2n) is 6.02. The predicted molar refractivity (Wildman–Crippen MR) is 89.2 cm³/mol. The number of aromatic amines is 1. The van der Waals surface area contributed by atoms with Gasteiger partial charge in [0.05, 0.1) is 18.6 Å². The van der Waals surface area contributed by atoms with Crippen molar-refractivity contribution in [3.05, 3.63) is 53.7 Å². The van der Waals surface area contributed by atoms with Crippen molar-refractivity contribution < 1.29 is 4.79 Å². The smallest absolute Gasteiger partial charge is 0.168 e. The fourth-order valence-electron chi connectivity index (χ4n) is 3.51. The van der Waals surface area contributed by atoms with Crippen LogP contribution in [0.25, 0.3) is 10.9 Å². The number of nitrogens with zero attached hydrogens (tertiary/aromatic N) is 2. The highest BCUT2D eigenvalue weighted by Crippen LogP contribution is 2.29. The van der Waals surface area contributed by atoms with Gasteiger partial charge in [-0.3, -0.25) is 4.79 Å². The summed E-state index contributed by atoms with van der Waals surface area (Å²) in [5.41, 5.74) is 4.00. The summed E-state index contributed by atoms with van der Waals surface area (Å²) in [4.78, 5) is 20.6. The first kappa shape index (κ1) is 13.8. The number of imidazole rings is 1. The van der Waals surface area contributed by atoms with Crippen LogP contribution in [0.5, 0.6) is 0 Å². The predicted octanol–water partition coefficient (Wildman–Crippen LogP) is 2.99. The van der Waals surface area contributed by atoms with Crippen molar-refractivity contribution in [3.8, 4) is 12.3 Å².